The fourth-order valence-corrected chi connectivity index (χ4v) is 4.81. The Labute approximate surface area is 191 Å². The van der Waals surface area contributed by atoms with Crippen LogP contribution in [-0.4, -0.2) is 16.8 Å². The molecule has 0 aromatic heterocycles. The van der Waals surface area contributed by atoms with E-state index < -0.39 is 17.7 Å². The highest BCUT2D eigenvalue weighted by Crippen LogP contribution is 2.42. The Balaban J connectivity index is 1.68. The van der Waals surface area contributed by atoms with Gasteiger partial charge in [-0.15, -0.1) is 0 Å². The number of aliphatic hydroxyl groups is 1. The quantitative estimate of drug-likeness (QED) is 0.314. The first-order chi connectivity index (χ1) is 15.5. The van der Waals surface area contributed by atoms with Crippen molar-refractivity contribution in [1.29, 1.82) is 0 Å². The lowest BCUT2D eigenvalue weighted by molar-refractivity contribution is -0.132. The minimum atomic E-state index is -0.728. The minimum Gasteiger partial charge on any atom is -0.507 e. The first kappa shape index (κ1) is 20.5. The number of benzene rings is 3. The number of aryl methyl sites for hydroxylation is 2. The molecule has 1 aliphatic carbocycles. The van der Waals surface area contributed by atoms with Gasteiger partial charge < -0.3 is 5.11 Å². The predicted molar refractivity (Wildman–Crippen MR) is 126 cm³/mol. The summed E-state index contributed by atoms with van der Waals surface area (Å²) in [4.78, 5) is 27.8. The lowest BCUT2D eigenvalue weighted by atomic mass is 9.88. The maximum Gasteiger partial charge on any atom is 0.300 e. The molecule has 32 heavy (non-hydrogen) atoms. The Kier molecular flexibility index (Phi) is 5.32. The van der Waals surface area contributed by atoms with E-state index in [-0.39, 0.29) is 11.3 Å². The molecule has 4 nitrogen and oxygen atoms in total. The summed E-state index contributed by atoms with van der Waals surface area (Å²) in [5, 5.41) is 11.8. The van der Waals surface area contributed by atoms with Crippen LogP contribution in [0.3, 0.4) is 0 Å². The predicted octanol–water partition coefficient (Wildman–Crippen LogP) is 5.85. The van der Waals surface area contributed by atoms with Gasteiger partial charge in [-0.2, -0.15) is 0 Å². The third-order valence-electron chi connectivity index (χ3n) is 6.29. The van der Waals surface area contributed by atoms with Gasteiger partial charge in [-0.25, -0.2) is 0 Å². The number of anilines is 1. The number of nitrogens with zero attached hydrogens (tertiary/aromatic N) is 1. The number of carbonyl (C=O) groups excluding carboxylic acids is 2. The molecule has 1 amide bonds. The third kappa shape index (κ3) is 3.51. The van der Waals surface area contributed by atoms with Crippen LogP contribution in [-0.2, 0) is 22.4 Å². The average molecular weight is 444 g/mol. The van der Waals surface area contributed by atoms with Gasteiger partial charge in [0.05, 0.1) is 11.6 Å². The van der Waals surface area contributed by atoms with Crippen LogP contribution in [0, 0.1) is 0 Å². The Morgan fingerprint density at radius 3 is 2.28 bits per heavy atom. The van der Waals surface area contributed by atoms with E-state index >= 15 is 0 Å². The van der Waals surface area contributed by atoms with E-state index in [1.807, 2.05) is 48.5 Å². The van der Waals surface area contributed by atoms with Gasteiger partial charge in [0.2, 0.25) is 0 Å². The molecule has 1 N–H and O–H groups in total. The zero-order chi connectivity index (χ0) is 22.2. The number of carbonyl (C=O) groups is 2. The van der Waals surface area contributed by atoms with Crippen LogP contribution in [0.1, 0.15) is 41.1 Å². The molecule has 1 atom stereocenters. The minimum absolute atomic E-state index is 0.104. The third-order valence-corrected chi connectivity index (χ3v) is 6.54. The molecule has 1 saturated heterocycles. The zero-order valence-electron chi connectivity index (χ0n) is 17.4. The molecule has 0 radical (unpaired) electrons. The molecular weight excluding hydrogens is 422 g/mol. The van der Waals surface area contributed by atoms with Crippen molar-refractivity contribution in [3.8, 4) is 0 Å². The lowest BCUT2D eigenvalue weighted by Gasteiger charge is -2.25. The van der Waals surface area contributed by atoms with Crippen molar-refractivity contribution in [2.45, 2.75) is 31.7 Å². The number of aliphatic hydroxyl groups excluding tert-OH is 1. The van der Waals surface area contributed by atoms with Crippen LogP contribution in [0.15, 0.2) is 78.4 Å². The van der Waals surface area contributed by atoms with E-state index in [2.05, 4.69) is 0 Å². The molecular formula is C27H22ClNO3. The molecule has 1 heterocycles. The molecule has 0 bridgehead atoms. The van der Waals surface area contributed by atoms with E-state index in [1.54, 1.807) is 24.3 Å². The molecule has 5 heteroatoms. The van der Waals surface area contributed by atoms with Crippen molar-refractivity contribution in [1.82, 2.24) is 0 Å². The first-order valence-electron chi connectivity index (χ1n) is 10.8. The van der Waals surface area contributed by atoms with Gasteiger partial charge in [0.15, 0.2) is 0 Å². The number of amides is 1. The average Bonchev–Trinajstić information content (AvgIpc) is 3.10. The molecule has 1 unspecified atom stereocenters. The molecule has 0 saturated carbocycles. The molecule has 1 fully saturated rings. The maximum absolute atomic E-state index is 13.2. The number of fused-ring (bicyclic) bond motifs is 1. The van der Waals surface area contributed by atoms with Crippen molar-refractivity contribution < 1.29 is 14.7 Å². The number of hydrogen-bond acceptors (Lipinski definition) is 3. The van der Waals surface area contributed by atoms with Crippen LogP contribution in [0.5, 0.6) is 0 Å². The highest BCUT2D eigenvalue weighted by Gasteiger charge is 2.46. The standard InChI is InChI=1S/C27H22ClNO3/c28-21-12-14-22(15-13-21)29-24(18-7-2-1-3-8-18)23(26(31)27(29)32)25(30)20-11-10-17-6-4-5-9-19(17)16-20/h1-3,7-8,10-16,24,30H,4-6,9H2/b25-23-. The van der Waals surface area contributed by atoms with Gasteiger partial charge in [-0.3, -0.25) is 14.5 Å². The lowest BCUT2D eigenvalue weighted by Crippen LogP contribution is -2.29. The second-order valence-electron chi connectivity index (χ2n) is 8.25. The van der Waals surface area contributed by atoms with Crippen molar-refractivity contribution >= 4 is 34.7 Å². The summed E-state index contributed by atoms with van der Waals surface area (Å²) >= 11 is 6.03. The summed E-state index contributed by atoms with van der Waals surface area (Å²) in [7, 11) is 0. The maximum atomic E-state index is 13.2. The SMILES string of the molecule is O=C1C(=O)N(c2ccc(Cl)cc2)C(c2ccccc2)/C1=C(/O)c1ccc2c(c1)CCCC2. The van der Waals surface area contributed by atoms with Gasteiger partial charge >= 0.3 is 0 Å². The number of hydrogen-bond donors (Lipinski definition) is 1. The van der Waals surface area contributed by atoms with E-state index in [0.29, 0.717) is 16.3 Å². The van der Waals surface area contributed by atoms with Gasteiger partial charge in [-0.05, 0) is 72.7 Å². The number of ketones is 1. The molecule has 160 valence electrons. The van der Waals surface area contributed by atoms with Crippen molar-refractivity contribution in [3.05, 3.63) is 106 Å². The van der Waals surface area contributed by atoms with E-state index in [0.717, 1.165) is 24.8 Å². The van der Waals surface area contributed by atoms with Crippen LogP contribution in [0.4, 0.5) is 5.69 Å². The Morgan fingerprint density at radius 2 is 1.56 bits per heavy atom. The van der Waals surface area contributed by atoms with Crippen LogP contribution < -0.4 is 4.90 Å². The largest absolute Gasteiger partial charge is 0.507 e. The van der Waals surface area contributed by atoms with E-state index in [9.17, 15) is 14.7 Å². The molecule has 3 aromatic rings. The van der Waals surface area contributed by atoms with Crippen molar-refractivity contribution in [2.24, 2.45) is 0 Å². The summed E-state index contributed by atoms with van der Waals surface area (Å²) in [5.74, 6) is -1.49. The van der Waals surface area contributed by atoms with E-state index in [4.69, 9.17) is 11.6 Å². The fourth-order valence-electron chi connectivity index (χ4n) is 4.69. The second kappa shape index (κ2) is 8.29. The first-order valence-corrected chi connectivity index (χ1v) is 11.2. The van der Waals surface area contributed by atoms with Crippen LogP contribution in [0.25, 0.3) is 5.76 Å². The second-order valence-corrected chi connectivity index (χ2v) is 8.68. The summed E-state index contributed by atoms with van der Waals surface area (Å²) in [6.45, 7) is 0. The van der Waals surface area contributed by atoms with Gasteiger partial charge in [0, 0.05) is 16.3 Å². The topological polar surface area (TPSA) is 57.6 Å². The number of Topliss-reactive ketones (excluding diaryl/α,β-unsaturated/α-hetero) is 1. The summed E-state index contributed by atoms with van der Waals surface area (Å²) in [6, 6.07) is 21.2. The van der Waals surface area contributed by atoms with Crippen LogP contribution >= 0.6 is 11.6 Å². The monoisotopic (exact) mass is 443 g/mol. The van der Waals surface area contributed by atoms with Crippen LogP contribution in [0.2, 0.25) is 5.02 Å². The summed E-state index contributed by atoms with van der Waals surface area (Å²) in [6.07, 6.45) is 4.26. The summed E-state index contributed by atoms with van der Waals surface area (Å²) < 4.78 is 0. The normalized spacial score (nSPS) is 19.8. The number of rotatable bonds is 3. The van der Waals surface area contributed by atoms with Crippen molar-refractivity contribution in [3.63, 3.8) is 0 Å². The highest BCUT2D eigenvalue weighted by molar-refractivity contribution is 6.51. The zero-order valence-corrected chi connectivity index (χ0v) is 18.2. The number of halogens is 1. The van der Waals surface area contributed by atoms with Gasteiger partial charge in [-0.1, -0.05) is 54.1 Å². The van der Waals surface area contributed by atoms with Gasteiger partial charge in [0.25, 0.3) is 11.7 Å². The van der Waals surface area contributed by atoms with Crippen molar-refractivity contribution in [2.75, 3.05) is 4.90 Å². The Morgan fingerprint density at radius 1 is 0.875 bits per heavy atom. The Bertz CT molecular complexity index is 1230. The molecule has 2 aliphatic rings. The van der Waals surface area contributed by atoms with Gasteiger partial charge in [0.1, 0.15) is 5.76 Å². The molecule has 1 aliphatic heterocycles. The smallest absolute Gasteiger partial charge is 0.300 e. The van der Waals surface area contributed by atoms with E-state index in [1.165, 1.54) is 22.4 Å². The fraction of sp³-hybridized carbons (Fsp3) is 0.185. The molecule has 0 spiro atoms. The molecule has 3 aromatic carbocycles. The molecule has 5 rings (SSSR count). The highest BCUT2D eigenvalue weighted by atomic mass is 35.5. The Hall–Kier alpha value is -3.37. The summed E-state index contributed by atoms with van der Waals surface area (Å²) in [5.41, 5.74) is 4.46.